The fourth-order valence-electron chi connectivity index (χ4n) is 4.21. The summed E-state index contributed by atoms with van der Waals surface area (Å²) < 4.78 is 12.7. The molecule has 1 N–H and O–H groups in total. The summed E-state index contributed by atoms with van der Waals surface area (Å²) in [6.07, 6.45) is 0. The van der Waals surface area contributed by atoms with Crippen LogP contribution in [0.3, 0.4) is 0 Å². The zero-order chi connectivity index (χ0) is 24.1. The second-order valence-electron chi connectivity index (χ2n) is 8.70. The van der Waals surface area contributed by atoms with Gasteiger partial charge < -0.3 is 14.8 Å². The number of methoxy groups -OCH3 is 2. The van der Waals surface area contributed by atoms with Gasteiger partial charge in [0.2, 0.25) is 5.91 Å². The summed E-state index contributed by atoms with van der Waals surface area (Å²) in [5.41, 5.74) is 4.07. The molecule has 3 aromatic rings. The molecule has 0 unspecified atom stereocenters. The molecule has 1 fully saturated rings. The zero-order valence-corrected chi connectivity index (χ0v) is 20.4. The van der Waals surface area contributed by atoms with Crippen molar-refractivity contribution in [1.82, 2.24) is 19.6 Å². The molecule has 1 aliphatic rings. The highest BCUT2D eigenvalue weighted by Crippen LogP contribution is 2.25. The Morgan fingerprint density at radius 2 is 1.65 bits per heavy atom. The van der Waals surface area contributed by atoms with Gasteiger partial charge in [0.1, 0.15) is 17.3 Å². The Hall–Kier alpha value is -3.36. The number of rotatable bonds is 8. The lowest BCUT2D eigenvalue weighted by molar-refractivity contribution is -0.117. The van der Waals surface area contributed by atoms with Gasteiger partial charge in [-0.25, -0.2) is 4.68 Å². The van der Waals surface area contributed by atoms with Crippen molar-refractivity contribution in [2.45, 2.75) is 20.4 Å². The fourth-order valence-corrected chi connectivity index (χ4v) is 4.21. The van der Waals surface area contributed by atoms with Gasteiger partial charge in [-0.05, 0) is 44.2 Å². The quantitative estimate of drug-likeness (QED) is 0.553. The predicted octanol–water partition coefficient (Wildman–Crippen LogP) is 3.26. The molecule has 1 aliphatic heterocycles. The summed E-state index contributed by atoms with van der Waals surface area (Å²) in [5, 5.41) is 7.60. The third-order valence-corrected chi connectivity index (χ3v) is 6.09. The van der Waals surface area contributed by atoms with Crippen molar-refractivity contribution in [2.24, 2.45) is 0 Å². The van der Waals surface area contributed by atoms with Gasteiger partial charge >= 0.3 is 0 Å². The summed E-state index contributed by atoms with van der Waals surface area (Å²) in [6.45, 7) is 8.54. The third-order valence-electron chi connectivity index (χ3n) is 6.09. The molecule has 1 amide bonds. The van der Waals surface area contributed by atoms with Crippen LogP contribution in [0.15, 0.2) is 48.5 Å². The van der Waals surface area contributed by atoms with Crippen LogP contribution < -0.4 is 14.8 Å². The van der Waals surface area contributed by atoms with Gasteiger partial charge in [-0.3, -0.25) is 14.6 Å². The molecule has 1 aromatic heterocycles. The van der Waals surface area contributed by atoms with E-state index in [4.69, 9.17) is 9.47 Å². The summed E-state index contributed by atoms with van der Waals surface area (Å²) >= 11 is 0. The maximum atomic E-state index is 12.8. The SMILES string of the molecule is COc1ccc(OC)c(CN2CCN(CC(=O)Nc3cc(C)nn3-c3ccc(C)cc3)CC2)c1. The summed E-state index contributed by atoms with van der Waals surface area (Å²) in [5.74, 6) is 2.35. The number of piperazine rings is 1. The van der Waals surface area contributed by atoms with E-state index in [1.54, 1.807) is 18.9 Å². The van der Waals surface area contributed by atoms with E-state index in [9.17, 15) is 4.79 Å². The number of hydrogen-bond acceptors (Lipinski definition) is 6. The lowest BCUT2D eigenvalue weighted by Crippen LogP contribution is -2.48. The summed E-state index contributed by atoms with van der Waals surface area (Å²) in [6, 6.07) is 15.9. The number of ether oxygens (including phenoxy) is 2. The number of aryl methyl sites for hydroxylation is 2. The van der Waals surface area contributed by atoms with Gasteiger partial charge in [-0.2, -0.15) is 5.10 Å². The van der Waals surface area contributed by atoms with Crippen LogP contribution in [-0.4, -0.2) is 72.4 Å². The van der Waals surface area contributed by atoms with E-state index >= 15 is 0 Å². The van der Waals surface area contributed by atoms with Crippen LogP contribution in [0.1, 0.15) is 16.8 Å². The smallest absolute Gasteiger partial charge is 0.239 e. The standard InChI is InChI=1S/C26H33N5O3/c1-19-5-7-22(8-6-19)31-25(15-20(2)28-31)27-26(32)18-30-13-11-29(12-14-30)17-21-16-23(33-3)9-10-24(21)34-4/h5-10,15-16H,11-14,17-18H2,1-4H3,(H,27,32). The third kappa shape index (κ3) is 5.76. The number of amides is 1. The van der Waals surface area contributed by atoms with Crippen LogP contribution >= 0.6 is 0 Å². The minimum absolute atomic E-state index is 0.0313. The van der Waals surface area contributed by atoms with Crippen molar-refractivity contribution >= 4 is 11.7 Å². The van der Waals surface area contributed by atoms with E-state index in [0.29, 0.717) is 12.4 Å². The Morgan fingerprint density at radius 1 is 0.941 bits per heavy atom. The van der Waals surface area contributed by atoms with E-state index in [0.717, 1.165) is 61.2 Å². The van der Waals surface area contributed by atoms with Crippen LogP contribution in [0.2, 0.25) is 0 Å². The van der Waals surface area contributed by atoms with Crippen molar-refractivity contribution < 1.29 is 14.3 Å². The minimum atomic E-state index is -0.0313. The van der Waals surface area contributed by atoms with E-state index in [2.05, 4.69) is 20.2 Å². The second kappa shape index (κ2) is 10.7. The summed E-state index contributed by atoms with van der Waals surface area (Å²) in [4.78, 5) is 17.4. The van der Waals surface area contributed by atoms with Gasteiger partial charge in [-0.15, -0.1) is 0 Å². The highest BCUT2D eigenvalue weighted by Gasteiger charge is 2.21. The lowest BCUT2D eigenvalue weighted by atomic mass is 10.1. The first-order valence-corrected chi connectivity index (χ1v) is 11.5. The highest BCUT2D eigenvalue weighted by molar-refractivity contribution is 5.91. The molecule has 8 heteroatoms. The Balaban J connectivity index is 1.31. The number of carbonyl (C=O) groups excluding carboxylic acids is 1. The molecule has 0 aliphatic carbocycles. The average molecular weight is 464 g/mol. The molecule has 0 atom stereocenters. The average Bonchev–Trinajstić information content (AvgIpc) is 3.20. The Morgan fingerprint density at radius 3 is 2.32 bits per heavy atom. The maximum Gasteiger partial charge on any atom is 0.239 e. The lowest BCUT2D eigenvalue weighted by Gasteiger charge is -2.34. The largest absolute Gasteiger partial charge is 0.497 e. The molecule has 34 heavy (non-hydrogen) atoms. The molecular weight excluding hydrogens is 430 g/mol. The van der Waals surface area contributed by atoms with Gasteiger partial charge in [0.15, 0.2) is 0 Å². The number of aromatic nitrogens is 2. The van der Waals surface area contributed by atoms with Gasteiger partial charge in [-0.1, -0.05) is 17.7 Å². The minimum Gasteiger partial charge on any atom is -0.497 e. The van der Waals surface area contributed by atoms with Crippen LogP contribution in [0.25, 0.3) is 5.69 Å². The molecule has 2 heterocycles. The highest BCUT2D eigenvalue weighted by atomic mass is 16.5. The number of nitrogens with one attached hydrogen (secondary N) is 1. The van der Waals surface area contributed by atoms with Crippen LogP contribution in [-0.2, 0) is 11.3 Å². The van der Waals surface area contributed by atoms with Crippen LogP contribution in [0.5, 0.6) is 11.5 Å². The van der Waals surface area contributed by atoms with Crippen molar-refractivity contribution in [2.75, 3.05) is 52.3 Å². The first kappa shape index (κ1) is 23.8. The Kier molecular flexibility index (Phi) is 7.49. The summed E-state index contributed by atoms with van der Waals surface area (Å²) in [7, 11) is 3.36. The number of hydrogen-bond donors (Lipinski definition) is 1. The molecule has 1 saturated heterocycles. The predicted molar refractivity (Wildman–Crippen MR) is 133 cm³/mol. The Labute approximate surface area is 201 Å². The molecule has 2 aromatic carbocycles. The van der Waals surface area contributed by atoms with Crippen molar-refractivity contribution in [3.63, 3.8) is 0 Å². The first-order valence-electron chi connectivity index (χ1n) is 11.5. The molecule has 4 rings (SSSR count). The van der Waals surface area contributed by atoms with Gasteiger partial charge in [0.05, 0.1) is 32.1 Å². The topological polar surface area (TPSA) is 71.9 Å². The molecule has 0 spiro atoms. The second-order valence-corrected chi connectivity index (χ2v) is 8.70. The van der Waals surface area contributed by atoms with Crippen molar-refractivity contribution in [3.8, 4) is 17.2 Å². The number of nitrogens with zero attached hydrogens (tertiary/aromatic N) is 4. The number of carbonyl (C=O) groups is 1. The normalized spacial score (nSPS) is 14.7. The molecule has 0 saturated carbocycles. The molecule has 180 valence electrons. The first-order chi connectivity index (χ1) is 16.4. The molecule has 0 radical (unpaired) electrons. The van der Waals surface area contributed by atoms with E-state index in [-0.39, 0.29) is 5.91 Å². The van der Waals surface area contributed by atoms with Crippen molar-refractivity contribution in [3.05, 3.63) is 65.4 Å². The number of benzene rings is 2. The van der Waals surface area contributed by atoms with Crippen LogP contribution in [0, 0.1) is 13.8 Å². The van der Waals surface area contributed by atoms with E-state index in [1.807, 2.05) is 62.4 Å². The van der Waals surface area contributed by atoms with E-state index < -0.39 is 0 Å². The van der Waals surface area contributed by atoms with Gasteiger partial charge in [0, 0.05) is 44.4 Å². The molecule has 0 bridgehead atoms. The molecule has 8 nitrogen and oxygen atoms in total. The Bertz CT molecular complexity index is 1120. The molecular formula is C26H33N5O3. The van der Waals surface area contributed by atoms with E-state index in [1.165, 1.54) is 5.56 Å². The monoisotopic (exact) mass is 463 g/mol. The maximum absolute atomic E-state index is 12.8. The van der Waals surface area contributed by atoms with Crippen molar-refractivity contribution in [1.29, 1.82) is 0 Å². The van der Waals surface area contributed by atoms with Crippen LogP contribution in [0.4, 0.5) is 5.82 Å². The van der Waals surface area contributed by atoms with Gasteiger partial charge in [0.25, 0.3) is 0 Å². The number of anilines is 1. The fraction of sp³-hybridized carbons (Fsp3) is 0.385. The zero-order valence-electron chi connectivity index (χ0n) is 20.4.